The van der Waals surface area contributed by atoms with Crippen molar-refractivity contribution in [1.29, 1.82) is 0 Å². The third-order valence-electron chi connectivity index (χ3n) is 5.46. The molecule has 1 aromatic rings. The highest BCUT2D eigenvalue weighted by Crippen LogP contribution is 2.37. The maximum absolute atomic E-state index is 13.2. The van der Waals surface area contributed by atoms with E-state index in [9.17, 15) is 9.59 Å². The van der Waals surface area contributed by atoms with Gasteiger partial charge in [-0.1, -0.05) is 31.1 Å². The summed E-state index contributed by atoms with van der Waals surface area (Å²) in [5.41, 5.74) is 0. The summed E-state index contributed by atoms with van der Waals surface area (Å²) in [6.45, 7) is 2.27. The molecule has 2 saturated carbocycles. The number of urea groups is 1. The fourth-order valence-corrected chi connectivity index (χ4v) is 5.27. The molecule has 0 bridgehead atoms. The standard InChI is InChI=1S/C19H29N3O4S2/c1-12-3-7-14(8-4-12)22(15(26-2)9-13-5-6-13)19(25)21-18-20-10-17(28-18)27-11-16(23)24/h10,12-15H,3-9,11H2,1-2H3,(H,23,24)(H,20,21,25). The Morgan fingerprint density at radius 2 is 2.07 bits per heavy atom. The second-order valence-corrected chi connectivity index (χ2v) is 10.1. The first-order chi connectivity index (χ1) is 13.5. The lowest BCUT2D eigenvalue weighted by molar-refractivity contribution is -0.133. The van der Waals surface area contributed by atoms with Crippen molar-refractivity contribution in [3.05, 3.63) is 6.20 Å². The summed E-state index contributed by atoms with van der Waals surface area (Å²) in [6.07, 6.45) is 8.95. The SMILES string of the molecule is COC(CC1CC1)N(C(=O)Nc1ncc(SCC(=O)O)s1)C1CCC(C)CC1. The van der Waals surface area contributed by atoms with E-state index in [0.717, 1.165) is 36.3 Å². The highest BCUT2D eigenvalue weighted by Gasteiger charge is 2.36. The van der Waals surface area contributed by atoms with Gasteiger partial charge in [0.1, 0.15) is 6.23 Å². The maximum atomic E-state index is 13.2. The molecule has 2 aliphatic rings. The third-order valence-corrected chi connectivity index (χ3v) is 7.56. The van der Waals surface area contributed by atoms with Gasteiger partial charge >= 0.3 is 12.0 Å². The van der Waals surface area contributed by atoms with Crippen LogP contribution in [0.2, 0.25) is 0 Å². The van der Waals surface area contributed by atoms with Crippen molar-refractivity contribution in [1.82, 2.24) is 9.88 Å². The van der Waals surface area contributed by atoms with Crippen molar-refractivity contribution < 1.29 is 19.4 Å². The molecule has 7 nitrogen and oxygen atoms in total. The zero-order valence-corrected chi connectivity index (χ0v) is 18.1. The number of carboxylic acid groups (broad SMARTS) is 1. The van der Waals surface area contributed by atoms with E-state index in [0.29, 0.717) is 17.0 Å². The Morgan fingerprint density at radius 1 is 1.36 bits per heavy atom. The number of nitrogens with one attached hydrogen (secondary N) is 1. The topological polar surface area (TPSA) is 91.8 Å². The number of carboxylic acids is 1. The van der Waals surface area contributed by atoms with Crippen LogP contribution in [0.3, 0.4) is 0 Å². The molecule has 0 aliphatic heterocycles. The zero-order chi connectivity index (χ0) is 20.1. The summed E-state index contributed by atoms with van der Waals surface area (Å²) >= 11 is 2.51. The summed E-state index contributed by atoms with van der Waals surface area (Å²) in [4.78, 5) is 30.0. The minimum atomic E-state index is -0.871. The molecule has 0 aromatic carbocycles. The number of thioether (sulfide) groups is 1. The van der Waals surface area contributed by atoms with Gasteiger partial charge in [-0.05, 0) is 43.9 Å². The zero-order valence-electron chi connectivity index (χ0n) is 16.4. The molecule has 156 valence electrons. The summed E-state index contributed by atoms with van der Waals surface area (Å²) in [5, 5.41) is 12.2. The smallest absolute Gasteiger partial charge is 0.325 e. The number of hydrogen-bond acceptors (Lipinski definition) is 6. The van der Waals surface area contributed by atoms with Crippen LogP contribution in [0.25, 0.3) is 0 Å². The van der Waals surface area contributed by atoms with E-state index in [-0.39, 0.29) is 24.1 Å². The molecule has 9 heteroatoms. The second-order valence-electron chi connectivity index (χ2n) is 7.79. The fourth-order valence-electron chi connectivity index (χ4n) is 3.69. The van der Waals surface area contributed by atoms with Crippen molar-refractivity contribution in [2.75, 3.05) is 18.2 Å². The van der Waals surface area contributed by atoms with Crippen LogP contribution in [-0.4, -0.2) is 52.1 Å². The van der Waals surface area contributed by atoms with Gasteiger partial charge in [0.05, 0.1) is 16.2 Å². The Hall–Kier alpha value is -1.32. The summed E-state index contributed by atoms with van der Waals surface area (Å²) in [5.74, 6) is 0.472. The number of amides is 2. The molecule has 3 rings (SSSR count). The number of ether oxygens (including phenoxy) is 1. The van der Waals surface area contributed by atoms with Gasteiger partial charge in [0.25, 0.3) is 0 Å². The average Bonchev–Trinajstić information content (AvgIpc) is 3.38. The fraction of sp³-hybridized carbons (Fsp3) is 0.737. The number of methoxy groups -OCH3 is 1. The van der Waals surface area contributed by atoms with Crippen LogP contribution in [0.4, 0.5) is 9.93 Å². The van der Waals surface area contributed by atoms with E-state index in [1.165, 1.54) is 35.9 Å². The van der Waals surface area contributed by atoms with Gasteiger partial charge in [0.2, 0.25) is 0 Å². The van der Waals surface area contributed by atoms with E-state index >= 15 is 0 Å². The minimum Gasteiger partial charge on any atom is -0.481 e. The van der Waals surface area contributed by atoms with Crippen LogP contribution in [0.1, 0.15) is 51.9 Å². The average molecular weight is 428 g/mol. The highest BCUT2D eigenvalue weighted by atomic mass is 32.2. The van der Waals surface area contributed by atoms with Gasteiger partial charge < -0.3 is 9.84 Å². The van der Waals surface area contributed by atoms with Crippen LogP contribution < -0.4 is 5.32 Å². The minimum absolute atomic E-state index is 0.0187. The number of anilines is 1. The largest absolute Gasteiger partial charge is 0.481 e. The predicted octanol–water partition coefficient (Wildman–Crippen LogP) is 4.51. The Balaban J connectivity index is 1.67. The van der Waals surface area contributed by atoms with Crippen molar-refractivity contribution in [3.63, 3.8) is 0 Å². The number of hydrogen-bond donors (Lipinski definition) is 2. The van der Waals surface area contributed by atoms with Gasteiger partial charge in [-0.15, -0.1) is 11.8 Å². The lowest BCUT2D eigenvalue weighted by Gasteiger charge is -2.40. The number of rotatable bonds is 9. The lowest BCUT2D eigenvalue weighted by atomic mass is 9.86. The molecule has 1 atom stereocenters. The van der Waals surface area contributed by atoms with Crippen molar-refractivity contribution in [2.24, 2.45) is 11.8 Å². The summed E-state index contributed by atoms with van der Waals surface area (Å²) in [6, 6.07) is 0.0110. The monoisotopic (exact) mass is 427 g/mol. The number of carbonyl (C=O) groups excluding carboxylic acids is 1. The van der Waals surface area contributed by atoms with E-state index in [1.807, 2.05) is 4.90 Å². The number of aromatic nitrogens is 1. The molecule has 2 fully saturated rings. The van der Waals surface area contributed by atoms with Gasteiger partial charge in [0, 0.05) is 13.2 Å². The molecule has 1 unspecified atom stereocenters. The first-order valence-corrected chi connectivity index (χ1v) is 11.7. The number of aliphatic carboxylic acids is 1. The molecule has 1 aromatic heterocycles. The molecular formula is C19H29N3O4S2. The molecule has 2 N–H and O–H groups in total. The molecule has 0 spiro atoms. The Bertz CT molecular complexity index is 672. The van der Waals surface area contributed by atoms with Crippen LogP contribution in [0, 0.1) is 11.8 Å². The maximum Gasteiger partial charge on any atom is 0.325 e. The number of carbonyl (C=O) groups is 2. The number of nitrogens with zero attached hydrogens (tertiary/aromatic N) is 2. The molecule has 2 aliphatic carbocycles. The van der Waals surface area contributed by atoms with Crippen molar-refractivity contribution in [2.45, 2.75) is 68.3 Å². The van der Waals surface area contributed by atoms with Gasteiger partial charge in [-0.25, -0.2) is 9.78 Å². The van der Waals surface area contributed by atoms with Crippen LogP contribution in [0.15, 0.2) is 10.4 Å². The quantitative estimate of drug-likeness (QED) is 0.445. The Kier molecular flexibility index (Phi) is 7.59. The van der Waals surface area contributed by atoms with E-state index in [4.69, 9.17) is 9.84 Å². The predicted molar refractivity (Wildman–Crippen MR) is 111 cm³/mol. The summed E-state index contributed by atoms with van der Waals surface area (Å²) in [7, 11) is 1.68. The molecule has 28 heavy (non-hydrogen) atoms. The molecule has 2 amide bonds. The molecular weight excluding hydrogens is 398 g/mol. The molecule has 1 heterocycles. The molecule has 0 saturated heterocycles. The number of thiazole rings is 1. The van der Waals surface area contributed by atoms with Gasteiger partial charge in [-0.2, -0.15) is 0 Å². The van der Waals surface area contributed by atoms with E-state index in [2.05, 4.69) is 17.2 Å². The Labute approximate surface area is 174 Å². The van der Waals surface area contributed by atoms with Crippen molar-refractivity contribution >= 4 is 40.2 Å². The van der Waals surface area contributed by atoms with Crippen LogP contribution in [-0.2, 0) is 9.53 Å². The van der Waals surface area contributed by atoms with Crippen LogP contribution in [0.5, 0.6) is 0 Å². The first-order valence-electron chi connectivity index (χ1n) is 9.88. The first kappa shape index (κ1) is 21.4. The normalized spacial score (nSPS) is 23.2. The van der Waals surface area contributed by atoms with E-state index in [1.54, 1.807) is 13.3 Å². The van der Waals surface area contributed by atoms with Crippen LogP contribution >= 0.6 is 23.1 Å². The van der Waals surface area contributed by atoms with Crippen molar-refractivity contribution in [3.8, 4) is 0 Å². The molecule has 0 radical (unpaired) electrons. The van der Waals surface area contributed by atoms with Gasteiger partial charge in [0.15, 0.2) is 5.13 Å². The second kappa shape index (κ2) is 9.93. The van der Waals surface area contributed by atoms with Gasteiger partial charge in [-0.3, -0.25) is 15.0 Å². The highest BCUT2D eigenvalue weighted by molar-refractivity contribution is 8.01. The summed E-state index contributed by atoms with van der Waals surface area (Å²) < 4.78 is 6.53. The lowest BCUT2D eigenvalue weighted by Crippen LogP contribution is -2.51. The third kappa shape index (κ3) is 6.09. The Morgan fingerprint density at radius 3 is 2.68 bits per heavy atom. The van der Waals surface area contributed by atoms with E-state index < -0.39 is 5.97 Å².